The van der Waals surface area contributed by atoms with Crippen LogP contribution < -0.4 is 10.5 Å². The summed E-state index contributed by atoms with van der Waals surface area (Å²) in [5, 5.41) is 9.93. The first-order valence-electron chi connectivity index (χ1n) is 5.11. The Hall–Kier alpha value is -0.200. The van der Waals surface area contributed by atoms with Crippen molar-refractivity contribution in [1.82, 2.24) is 0 Å². The van der Waals surface area contributed by atoms with E-state index in [1.54, 1.807) is 7.11 Å². The van der Waals surface area contributed by atoms with Crippen molar-refractivity contribution >= 4 is 35.0 Å². The van der Waals surface area contributed by atoms with Crippen LogP contribution in [0.1, 0.15) is 31.9 Å². The van der Waals surface area contributed by atoms with Crippen LogP contribution in [0.15, 0.2) is 6.07 Å². The van der Waals surface area contributed by atoms with Crippen LogP contribution in [0, 0.1) is 3.57 Å². The van der Waals surface area contributed by atoms with Crippen LogP contribution in [0.4, 0.5) is 0 Å². The predicted molar refractivity (Wildman–Crippen MR) is 81.2 cm³/mol. The van der Waals surface area contributed by atoms with E-state index in [2.05, 4.69) is 43.4 Å². The Kier molecular flexibility index (Phi) is 6.04. The molecular formula is C12H19ClINO2. The number of benzene rings is 1. The molecule has 0 amide bonds. The lowest BCUT2D eigenvalue weighted by Crippen LogP contribution is -2.15. The lowest BCUT2D eigenvalue weighted by atomic mass is 9.85. The molecule has 3 N–H and O–H groups in total. The van der Waals surface area contributed by atoms with Gasteiger partial charge >= 0.3 is 0 Å². The quantitative estimate of drug-likeness (QED) is 0.785. The molecule has 3 nitrogen and oxygen atoms in total. The standard InChI is InChI=1S/C12H18INO2.ClH/c1-12(2,3)8-5-9(13)10(15)7(6-14)11(8)16-4;/h5,15H,6,14H2,1-4H3;1H. The molecule has 0 spiro atoms. The van der Waals surface area contributed by atoms with Crippen molar-refractivity contribution in [2.75, 3.05) is 7.11 Å². The van der Waals surface area contributed by atoms with E-state index in [9.17, 15) is 5.11 Å². The summed E-state index contributed by atoms with van der Waals surface area (Å²) in [4.78, 5) is 0. The van der Waals surface area contributed by atoms with Crippen LogP contribution in [0.5, 0.6) is 11.5 Å². The number of phenolic OH excluding ortho intramolecular Hbond substituents is 1. The van der Waals surface area contributed by atoms with Crippen molar-refractivity contribution in [3.8, 4) is 11.5 Å². The van der Waals surface area contributed by atoms with Gasteiger partial charge in [-0.15, -0.1) is 12.4 Å². The van der Waals surface area contributed by atoms with Gasteiger partial charge in [0.1, 0.15) is 11.5 Å². The first-order valence-corrected chi connectivity index (χ1v) is 6.19. The van der Waals surface area contributed by atoms with Gasteiger partial charge < -0.3 is 15.6 Å². The second-order valence-corrected chi connectivity index (χ2v) is 5.88. The van der Waals surface area contributed by atoms with Gasteiger partial charge in [-0.25, -0.2) is 0 Å². The minimum atomic E-state index is -0.0388. The molecule has 0 aliphatic rings. The van der Waals surface area contributed by atoms with Crippen LogP contribution in [-0.4, -0.2) is 12.2 Å². The highest BCUT2D eigenvalue weighted by Crippen LogP contribution is 2.40. The summed E-state index contributed by atoms with van der Waals surface area (Å²) in [5.41, 5.74) is 7.37. The third-order valence-electron chi connectivity index (χ3n) is 2.52. The average molecular weight is 372 g/mol. The molecule has 1 aromatic carbocycles. The Morgan fingerprint density at radius 3 is 2.29 bits per heavy atom. The molecule has 1 aromatic rings. The van der Waals surface area contributed by atoms with Crippen LogP contribution in [-0.2, 0) is 12.0 Å². The first kappa shape index (κ1) is 16.8. The summed E-state index contributed by atoms with van der Waals surface area (Å²) in [6.45, 7) is 6.60. The Morgan fingerprint density at radius 1 is 1.41 bits per heavy atom. The fourth-order valence-corrected chi connectivity index (χ4v) is 2.29. The fraction of sp³-hybridized carbons (Fsp3) is 0.500. The van der Waals surface area contributed by atoms with Gasteiger partial charge in [0.2, 0.25) is 0 Å². The van der Waals surface area contributed by atoms with Crippen LogP contribution in [0.25, 0.3) is 0 Å². The smallest absolute Gasteiger partial charge is 0.137 e. The van der Waals surface area contributed by atoms with Gasteiger partial charge in [0.15, 0.2) is 0 Å². The van der Waals surface area contributed by atoms with Gasteiger partial charge in [0, 0.05) is 12.1 Å². The number of nitrogens with two attached hydrogens (primary N) is 1. The number of hydrogen-bond acceptors (Lipinski definition) is 3. The number of halogens is 2. The molecule has 0 atom stereocenters. The largest absolute Gasteiger partial charge is 0.506 e. The lowest BCUT2D eigenvalue weighted by Gasteiger charge is -2.25. The highest BCUT2D eigenvalue weighted by molar-refractivity contribution is 14.1. The highest BCUT2D eigenvalue weighted by atomic mass is 127. The van der Waals surface area contributed by atoms with Gasteiger partial charge in [0.05, 0.1) is 16.2 Å². The second-order valence-electron chi connectivity index (χ2n) is 4.72. The minimum Gasteiger partial charge on any atom is -0.506 e. The molecule has 0 unspecified atom stereocenters. The van der Waals surface area contributed by atoms with E-state index in [1.807, 2.05) is 6.07 Å². The van der Waals surface area contributed by atoms with Crippen LogP contribution >= 0.6 is 35.0 Å². The van der Waals surface area contributed by atoms with E-state index in [-0.39, 0.29) is 30.1 Å². The summed E-state index contributed by atoms with van der Waals surface area (Å²) >= 11 is 2.11. The number of aromatic hydroxyl groups is 1. The molecule has 0 heterocycles. The number of methoxy groups -OCH3 is 1. The van der Waals surface area contributed by atoms with E-state index in [4.69, 9.17) is 10.5 Å². The highest BCUT2D eigenvalue weighted by Gasteiger charge is 2.24. The van der Waals surface area contributed by atoms with Gasteiger partial charge in [-0.3, -0.25) is 0 Å². The number of ether oxygens (including phenoxy) is 1. The zero-order valence-corrected chi connectivity index (χ0v) is 13.5. The molecule has 0 fully saturated rings. The Labute approximate surface area is 122 Å². The summed E-state index contributed by atoms with van der Waals surface area (Å²) in [6, 6.07) is 1.95. The van der Waals surface area contributed by atoms with Crippen molar-refractivity contribution in [3.63, 3.8) is 0 Å². The van der Waals surface area contributed by atoms with Gasteiger partial charge in [-0.05, 0) is 34.1 Å². The third-order valence-corrected chi connectivity index (χ3v) is 3.34. The van der Waals surface area contributed by atoms with Crippen molar-refractivity contribution in [2.24, 2.45) is 5.73 Å². The van der Waals surface area contributed by atoms with E-state index in [1.165, 1.54) is 0 Å². The van der Waals surface area contributed by atoms with Crippen molar-refractivity contribution in [2.45, 2.75) is 32.7 Å². The van der Waals surface area contributed by atoms with Gasteiger partial charge in [0.25, 0.3) is 0 Å². The number of hydrogen-bond donors (Lipinski definition) is 2. The summed E-state index contributed by atoms with van der Waals surface area (Å²) < 4.78 is 6.20. The Balaban J connectivity index is 0.00000256. The molecule has 0 aliphatic carbocycles. The monoisotopic (exact) mass is 371 g/mol. The molecule has 5 heteroatoms. The fourth-order valence-electron chi connectivity index (χ4n) is 1.65. The van der Waals surface area contributed by atoms with Crippen LogP contribution in [0.3, 0.4) is 0 Å². The van der Waals surface area contributed by atoms with E-state index >= 15 is 0 Å². The maximum absolute atomic E-state index is 9.93. The number of rotatable bonds is 2. The zero-order chi connectivity index (χ0) is 12.5. The summed E-state index contributed by atoms with van der Waals surface area (Å²) in [5.74, 6) is 0.931. The zero-order valence-electron chi connectivity index (χ0n) is 10.5. The molecule has 0 aromatic heterocycles. The molecule has 98 valence electrons. The SMILES string of the molecule is COc1c(C(C)(C)C)cc(I)c(O)c1CN.Cl. The predicted octanol–water partition coefficient (Wildman–Crippen LogP) is 3.18. The maximum Gasteiger partial charge on any atom is 0.137 e. The lowest BCUT2D eigenvalue weighted by molar-refractivity contribution is 0.383. The topological polar surface area (TPSA) is 55.5 Å². The molecule has 0 radical (unpaired) electrons. The third kappa shape index (κ3) is 3.39. The summed E-state index contributed by atoms with van der Waals surface area (Å²) in [7, 11) is 1.61. The van der Waals surface area contributed by atoms with E-state index in [0.29, 0.717) is 11.3 Å². The maximum atomic E-state index is 9.93. The van der Waals surface area contributed by atoms with E-state index < -0.39 is 0 Å². The van der Waals surface area contributed by atoms with Gasteiger partial charge in [-0.2, -0.15) is 0 Å². The average Bonchev–Trinajstić information content (AvgIpc) is 2.19. The Bertz CT molecular complexity index is 402. The van der Waals surface area contributed by atoms with Crippen molar-refractivity contribution in [3.05, 3.63) is 20.8 Å². The molecular weight excluding hydrogens is 352 g/mol. The first-order chi connectivity index (χ1) is 7.32. The minimum absolute atomic E-state index is 0. The second kappa shape index (κ2) is 6.11. The van der Waals surface area contributed by atoms with Crippen molar-refractivity contribution < 1.29 is 9.84 Å². The molecule has 17 heavy (non-hydrogen) atoms. The molecule has 1 rings (SSSR count). The van der Waals surface area contributed by atoms with Gasteiger partial charge in [-0.1, -0.05) is 20.8 Å². The number of phenols is 1. The normalized spacial score (nSPS) is 10.9. The summed E-state index contributed by atoms with van der Waals surface area (Å²) in [6.07, 6.45) is 0. The van der Waals surface area contributed by atoms with E-state index in [0.717, 1.165) is 9.13 Å². The molecule has 0 saturated carbocycles. The molecule has 0 bridgehead atoms. The molecule has 0 aliphatic heterocycles. The molecule has 0 saturated heterocycles. The van der Waals surface area contributed by atoms with Crippen LogP contribution in [0.2, 0.25) is 0 Å². The Morgan fingerprint density at radius 2 is 1.94 bits per heavy atom. The van der Waals surface area contributed by atoms with Crippen molar-refractivity contribution in [1.29, 1.82) is 0 Å².